The molecule has 0 aromatic heterocycles. The minimum Gasteiger partial charge on any atom is -0.387 e. The summed E-state index contributed by atoms with van der Waals surface area (Å²) in [4.78, 5) is -0.138. The standard InChI is InChI=1S/C21H26O10S2/c1-14-3-7-16(8-4-14)32(24,25)30-11-18-20(22)21(23)19(29-13-28-18)12-31-33(26,27)17-9-5-15(2)6-10-17/h3-10,18-23H,11-13H2,1-2H3. The first kappa shape index (κ1) is 25.7. The Kier molecular flexibility index (Phi) is 8.24. The van der Waals surface area contributed by atoms with Crippen LogP contribution in [0.3, 0.4) is 0 Å². The van der Waals surface area contributed by atoms with Crippen LogP contribution in [-0.4, -0.2) is 71.5 Å². The van der Waals surface area contributed by atoms with Gasteiger partial charge < -0.3 is 19.7 Å². The van der Waals surface area contributed by atoms with Crippen LogP contribution in [0.5, 0.6) is 0 Å². The fourth-order valence-electron chi connectivity index (χ4n) is 3.00. The van der Waals surface area contributed by atoms with Gasteiger partial charge in [0.1, 0.15) is 31.2 Å². The molecule has 10 nitrogen and oxygen atoms in total. The molecule has 3 rings (SSSR count). The summed E-state index contributed by atoms with van der Waals surface area (Å²) in [6.07, 6.45) is -5.76. The first-order valence-corrected chi connectivity index (χ1v) is 12.8. The second kappa shape index (κ2) is 10.6. The third kappa shape index (κ3) is 6.58. The van der Waals surface area contributed by atoms with Crippen LogP contribution in [0.1, 0.15) is 11.1 Å². The lowest BCUT2D eigenvalue weighted by atomic mass is 10.0. The Morgan fingerprint density at radius 3 is 1.39 bits per heavy atom. The minimum absolute atomic E-state index is 0.0689. The molecule has 1 fully saturated rings. The fraction of sp³-hybridized carbons (Fsp3) is 0.429. The third-order valence-electron chi connectivity index (χ3n) is 5.07. The average Bonchev–Trinajstić information content (AvgIpc) is 2.90. The van der Waals surface area contributed by atoms with Crippen LogP contribution < -0.4 is 0 Å². The highest BCUT2D eigenvalue weighted by Gasteiger charge is 2.38. The third-order valence-corrected chi connectivity index (χ3v) is 7.66. The number of aryl methyl sites for hydroxylation is 2. The molecule has 2 N–H and O–H groups in total. The Labute approximate surface area is 192 Å². The van der Waals surface area contributed by atoms with Gasteiger partial charge in [0, 0.05) is 0 Å². The lowest BCUT2D eigenvalue weighted by Crippen LogP contribution is -2.46. The molecule has 1 saturated heterocycles. The van der Waals surface area contributed by atoms with E-state index in [-0.39, 0.29) is 9.79 Å². The summed E-state index contributed by atoms with van der Waals surface area (Å²) in [6, 6.07) is 12.0. The van der Waals surface area contributed by atoms with Gasteiger partial charge in [-0.2, -0.15) is 16.8 Å². The highest BCUT2D eigenvalue weighted by Crippen LogP contribution is 2.21. The molecule has 2 aromatic rings. The van der Waals surface area contributed by atoms with Gasteiger partial charge in [0.25, 0.3) is 20.2 Å². The van der Waals surface area contributed by atoms with E-state index in [0.717, 1.165) is 11.1 Å². The summed E-state index contributed by atoms with van der Waals surface area (Å²) < 4.78 is 69.9. The number of aliphatic hydroxyl groups is 2. The van der Waals surface area contributed by atoms with Crippen molar-refractivity contribution >= 4 is 20.2 Å². The topological polar surface area (TPSA) is 146 Å². The van der Waals surface area contributed by atoms with Gasteiger partial charge in [-0.15, -0.1) is 0 Å². The van der Waals surface area contributed by atoms with Crippen molar-refractivity contribution < 1.29 is 44.9 Å². The molecule has 1 aliphatic heterocycles. The largest absolute Gasteiger partial charge is 0.387 e. The van der Waals surface area contributed by atoms with Crippen molar-refractivity contribution in [3.63, 3.8) is 0 Å². The van der Waals surface area contributed by atoms with E-state index in [1.807, 2.05) is 0 Å². The van der Waals surface area contributed by atoms with Gasteiger partial charge in [0.2, 0.25) is 0 Å². The van der Waals surface area contributed by atoms with Crippen LogP contribution in [0, 0.1) is 13.8 Å². The minimum atomic E-state index is -4.12. The SMILES string of the molecule is Cc1ccc(S(=O)(=O)OCC2OCOC(COS(=O)(=O)c3ccc(C)cc3)C(O)C2O)cc1. The van der Waals surface area contributed by atoms with E-state index < -0.39 is 64.7 Å². The molecule has 12 heteroatoms. The zero-order valence-corrected chi connectivity index (χ0v) is 19.7. The number of benzene rings is 2. The van der Waals surface area contributed by atoms with Crippen LogP contribution in [0.15, 0.2) is 58.3 Å². The number of hydrogen-bond acceptors (Lipinski definition) is 10. The van der Waals surface area contributed by atoms with E-state index in [2.05, 4.69) is 0 Å². The van der Waals surface area contributed by atoms with E-state index in [0.29, 0.717) is 0 Å². The monoisotopic (exact) mass is 502 g/mol. The molecule has 4 atom stereocenters. The Balaban J connectivity index is 1.60. The molecule has 2 aromatic carbocycles. The van der Waals surface area contributed by atoms with Gasteiger partial charge in [0.15, 0.2) is 0 Å². The van der Waals surface area contributed by atoms with Crippen molar-refractivity contribution in [2.75, 3.05) is 20.0 Å². The van der Waals surface area contributed by atoms with Crippen LogP contribution in [0.4, 0.5) is 0 Å². The second-order valence-electron chi connectivity index (χ2n) is 7.61. The maximum absolute atomic E-state index is 12.4. The molecule has 0 saturated carbocycles. The van der Waals surface area contributed by atoms with Crippen molar-refractivity contribution in [1.29, 1.82) is 0 Å². The van der Waals surface area contributed by atoms with Crippen molar-refractivity contribution in [2.45, 2.75) is 48.1 Å². The normalized spacial score (nSPS) is 24.4. The molecule has 1 heterocycles. The zero-order chi connectivity index (χ0) is 24.2. The molecule has 1 aliphatic rings. The van der Waals surface area contributed by atoms with Crippen LogP contribution in [0.2, 0.25) is 0 Å². The number of hydrogen-bond donors (Lipinski definition) is 2. The van der Waals surface area contributed by atoms with Crippen molar-refractivity contribution in [1.82, 2.24) is 0 Å². The number of aliphatic hydroxyl groups excluding tert-OH is 2. The molecule has 0 radical (unpaired) electrons. The van der Waals surface area contributed by atoms with Gasteiger partial charge in [0.05, 0.1) is 23.0 Å². The summed E-state index contributed by atoms with van der Waals surface area (Å²) in [5.41, 5.74) is 1.74. The van der Waals surface area contributed by atoms with E-state index in [1.165, 1.54) is 24.3 Å². The zero-order valence-electron chi connectivity index (χ0n) is 18.0. The van der Waals surface area contributed by atoms with Gasteiger partial charge in [-0.05, 0) is 38.1 Å². The molecule has 0 aliphatic carbocycles. The second-order valence-corrected chi connectivity index (χ2v) is 10.8. The quantitative estimate of drug-likeness (QED) is 0.499. The molecular weight excluding hydrogens is 476 g/mol. The number of ether oxygens (including phenoxy) is 2. The van der Waals surface area contributed by atoms with E-state index in [9.17, 15) is 27.0 Å². The molecular formula is C21H26O10S2. The highest BCUT2D eigenvalue weighted by atomic mass is 32.2. The predicted octanol–water partition coefficient (Wildman–Crippen LogP) is 0.878. The smallest absolute Gasteiger partial charge is 0.297 e. The predicted molar refractivity (Wildman–Crippen MR) is 115 cm³/mol. The summed E-state index contributed by atoms with van der Waals surface area (Å²) in [6.45, 7) is 1.98. The maximum atomic E-state index is 12.4. The Hall–Kier alpha value is -1.90. The molecule has 33 heavy (non-hydrogen) atoms. The summed E-state index contributed by atoms with van der Waals surface area (Å²) in [5.74, 6) is 0. The first-order chi connectivity index (χ1) is 15.5. The number of rotatable bonds is 8. The Morgan fingerprint density at radius 2 is 1.06 bits per heavy atom. The van der Waals surface area contributed by atoms with Crippen molar-refractivity contribution in [3.05, 3.63) is 59.7 Å². The highest BCUT2D eigenvalue weighted by molar-refractivity contribution is 7.87. The fourth-order valence-corrected chi connectivity index (χ4v) is 4.84. The van der Waals surface area contributed by atoms with Gasteiger partial charge in [-0.25, -0.2) is 0 Å². The van der Waals surface area contributed by atoms with Crippen LogP contribution in [0.25, 0.3) is 0 Å². The van der Waals surface area contributed by atoms with Gasteiger partial charge in [-0.3, -0.25) is 8.37 Å². The Bertz CT molecular complexity index is 1040. The van der Waals surface area contributed by atoms with Crippen LogP contribution in [-0.2, 0) is 38.1 Å². The molecule has 0 amide bonds. The Morgan fingerprint density at radius 1 is 0.727 bits per heavy atom. The molecule has 0 spiro atoms. The summed E-state index contributed by atoms with van der Waals surface area (Å²) in [5, 5.41) is 20.9. The molecule has 4 unspecified atom stereocenters. The lowest BCUT2D eigenvalue weighted by Gasteiger charge is -2.25. The summed E-state index contributed by atoms with van der Waals surface area (Å²) >= 11 is 0. The van der Waals surface area contributed by atoms with Gasteiger partial charge in [-0.1, -0.05) is 35.4 Å². The lowest BCUT2D eigenvalue weighted by molar-refractivity contribution is -0.119. The van der Waals surface area contributed by atoms with Crippen LogP contribution >= 0.6 is 0 Å². The maximum Gasteiger partial charge on any atom is 0.297 e. The van der Waals surface area contributed by atoms with Gasteiger partial charge >= 0.3 is 0 Å². The average molecular weight is 503 g/mol. The first-order valence-electron chi connectivity index (χ1n) is 10.0. The summed E-state index contributed by atoms with van der Waals surface area (Å²) in [7, 11) is -8.25. The molecule has 0 bridgehead atoms. The van der Waals surface area contributed by atoms with E-state index >= 15 is 0 Å². The van der Waals surface area contributed by atoms with E-state index in [4.69, 9.17) is 17.8 Å². The molecule has 182 valence electrons. The van der Waals surface area contributed by atoms with Crippen molar-refractivity contribution in [2.24, 2.45) is 0 Å². The van der Waals surface area contributed by atoms with Crippen molar-refractivity contribution in [3.8, 4) is 0 Å². The van der Waals surface area contributed by atoms with E-state index in [1.54, 1.807) is 38.1 Å².